The molecule has 0 aliphatic rings. The van der Waals surface area contributed by atoms with Gasteiger partial charge in [0.1, 0.15) is 5.56 Å². The largest absolute Gasteiger partial charge is 0.462 e. The third-order valence-corrected chi connectivity index (χ3v) is 4.70. The van der Waals surface area contributed by atoms with Gasteiger partial charge in [0.25, 0.3) is 5.56 Å². The molecule has 4 nitrogen and oxygen atoms in total. The number of ether oxygens (including phenoxy) is 1. The van der Waals surface area contributed by atoms with Gasteiger partial charge in [0.2, 0.25) is 0 Å². The summed E-state index contributed by atoms with van der Waals surface area (Å²) in [7, 11) is 1.55. The summed E-state index contributed by atoms with van der Waals surface area (Å²) in [5.74, 6) is -0.726. The summed E-state index contributed by atoms with van der Waals surface area (Å²) in [6.45, 7) is 3.50. The van der Waals surface area contributed by atoms with Crippen molar-refractivity contribution in [2.24, 2.45) is 7.05 Å². The SMILES string of the molecule is CCOC(=O)c1c(-c2ccc(Cl)c(Cl)c2)c(Cl)c(C)n(C)c1=O. The molecular weight excluding hydrogens is 361 g/mol. The normalized spacial score (nSPS) is 10.7. The summed E-state index contributed by atoms with van der Waals surface area (Å²) in [4.78, 5) is 24.8. The Hall–Kier alpha value is -1.49. The van der Waals surface area contributed by atoms with Crippen LogP contribution in [0.5, 0.6) is 0 Å². The minimum Gasteiger partial charge on any atom is -0.462 e. The Labute approximate surface area is 148 Å². The zero-order valence-corrected chi connectivity index (χ0v) is 15.0. The van der Waals surface area contributed by atoms with E-state index < -0.39 is 11.5 Å². The highest BCUT2D eigenvalue weighted by Gasteiger charge is 2.25. The van der Waals surface area contributed by atoms with E-state index in [0.717, 1.165) is 0 Å². The molecule has 2 aromatic rings. The van der Waals surface area contributed by atoms with Crippen molar-refractivity contribution in [1.82, 2.24) is 4.57 Å². The topological polar surface area (TPSA) is 48.3 Å². The number of esters is 1. The van der Waals surface area contributed by atoms with Crippen LogP contribution in [0.4, 0.5) is 0 Å². The summed E-state index contributed by atoms with van der Waals surface area (Å²) in [5.41, 5.74) is 0.748. The van der Waals surface area contributed by atoms with Gasteiger partial charge in [0.05, 0.1) is 21.7 Å². The van der Waals surface area contributed by atoms with Crippen molar-refractivity contribution in [1.29, 1.82) is 0 Å². The molecule has 23 heavy (non-hydrogen) atoms. The molecule has 0 N–H and O–H groups in total. The highest BCUT2D eigenvalue weighted by Crippen LogP contribution is 2.35. The fraction of sp³-hybridized carbons (Fsp3) is 0.250. The summed E-state index contributed by atoms with van der Waals surface area (Å²) < 4.78 is 6.32. The van der Waals surface area contributed by atoms with Crippen molar-refractivity contribution in [3.8, 4) is 11.1 Å². The monoisotopic (exact) mass is 373 g/mol. The Balaban J connectivity index is 2.87. The number of halogens is 3. The number of pyridine rings is 1. The molecule has 1 aromatic carbocycles. The zero-order valence-electron chi connectivity index (χ0n) is 12.7. The van der Waals surface area contributed by atoms with Gasteiger partial charge in [-0.15, -0.1) is 0 Å². The molecule has 122 valence electrons. The maximum atomic E-state index is 12.5. The Bertz CT molecular complexity index is 843. The number of rotatable bonds is 3. The maximum Gasteiger partial charge on any atom is 0.344 e. The van der Waals surface area contributed by atoms with Crippen molar-refractivity contribution in [2.75, 3.05) is 6.61 Å². The fourth-order valence-electron chi connectivity index (χ4n) is 2.18. The first-order valence-electron chi connectivity index (χ1n) is 6.81. The first kappa shape index (κ1) is 17.9. The minimum atomic E-state index is -0.726. The van der Waals surface area contributed by atoms with E-state index in [1.54, 1.807) is 39.1 Å². The third kappa shape index (κ3) is 3.25. The van der Waals surface area contributed by atoms with Gasteiger partial charge in [-0.25, -0.2) is 4.79 Å². The second kappa shape index (κ2) is 6.95. The van der Waals surface area contributed by atoms with Gasteiger partial charge in [-0.05, 0) is 31.5 Å². The molecule has 0 fully saturated rings. The minimum absolute atomic E-state index is 0.122. The smallest absolute Gasteiger partial charge is 0.344 e. The lowest BCUT2D eigenvalue weighted by molar-refractivity contribution is 0.0524. The standard InChI is InChI=1S/C16H14Cl3NO3/c1-4-23-16(22)13-12(9-5-6-10(17)11(18)7-9)14(19)8(2)20(3)15(13)21/h5-7H,4H2,1-3H3. The molecule has 1 heterocycles. The summed E-state index contributed by atoms with van der Waals surface area (Å²) in [6, 6.07) is 4.79. The van der Waals surface area contributed by atoms with Gasteiger partial charge >= 0.3 is 5.97 Å². The van der Waals surface area contributed by atoms with Gasteiger partial charge in [0.15, 0.2) is 0 Å². The molecule has 1 aromatic heterocycles. The van der Waals surface area contributed by atoms with Gasteiger partial charge in [-0.3, -0.25) is 4.79 Å². The molecule has 0 aliphatic heterocycles. The molecule has 0 bridgehead atoms. The second-order valence-corrected chi connectivity index (χ2v) is 6.06. The van der Waals surface area contributed by atoms with Crippen LogP contribution in [0.25, 0.3) is 11.1 Å². The van der Waals surface area contributed by atoms with E-state index >= 15 is 0 Å². The number of nitrogens with zero attached hydrogens (tertiary/aromatic N) is 1. The van der Waals surface area contributed by atoms with E-state index in [9.17, 15) is 9.59 Å². The first-order valence-corrected chi connectivity index (χ1v) is 7.94. The lowest BCUT2D eigenvalue weighted by atomic mass is 10.00. The van der Waals surface area contributed by atoms with Crippen LogP contribution in [0.3, 0.4) is 0 Å². The van der Waals surface area contributed by atoms with Crippen LogP contribution in [0.15, 0.2) is 23.0 Å². The predicted molar refractivity (Wildman–Crippen MR) is 92.8 cm³/mol. The number of hydrogen-bond donors (Lipinski definition) is 0. The quantitative estimate of drug-likeness (QED) is 0.743. The fourth-order valence-corrected chi connectivity index (χ4v) is 2.81. The lowest BCUT2D eigenvalue weighted by Gasteiger charge is -2.16. The molecular formula is C16H14Cl3NO3. The zero-order chi connectivity index (χ0) is 17.3. The molecule has 2 rings (SSSR count). The summed E-state index contributed by atoms with van der Waals surface area (Å²) in [6.07, 6.45) is 0. The predicted octanol–water partition coefficient (Wildman–Crippen LogP) is 4.50. The molecule has 0 aliphatic carbocycles. The number of carbonyl (C=O) groups excluding carboxylic acids is 1. The lowest BCUT2D eigenvalue weighted by Crippen LogP contribution is -2.28. The molecule has 0 amide bonds. The Morgan fingerprint density at radius 1 is 1.22 bits per heavy atom. The molecule has 0 saturated carbocycles. The highest BCUT2D eigenvalue weighted by molar-refractivity contribution is 6.42. The van der Waals surface area contributed by atoms with Crippen molar-refractivity contribution in [3.63, 3.8) is 0 Å². The van der Waals surface area contributed by atoms with Crippen LogP contribution < -0.4 is 5.56 Å². The molecule has 0 atom stereocenters. The van der Waals surface area contributed by atoms with Crippen LogP contribution in [0.2, 0.25) is 15.1 Å². The van der Waals surface area contributed by atoms with E-state index in [1.807, 2.05) is 0 Å². The Morgan fingerprint density at radius 3 is 2.43 bits per heavy atom. The van der Waals surface area contributed by atoms with E-state index in [2.05, 4.69) is 0 Å². The summed E-state index contributed by atoms with van der Waals surface area (Å²) in [5, 5.41) is 0.951. The van der Waals surface area contributed by atoms with Crippen molar-refractivity contribution < 1.29 is 9.53 Å². The van der Waals surface area contributed by atoms with Gasteiger partial charge in [0, 0.05) is 18.3 Å². The number of carbonyl (C=O) groups is 1. The highest BCUT2D eigenvalue weighted by atomic mass is 35.5. The van der Waals surface area contributed by atoms with Crippen LogP contribution in [-0.4, -0.2) is 17.1 Å². The molecule has 7 heteroatoms. The van der Waals surface area contributed by atoms with Crippen LogP contribution >= 0.6 is 34.8 Å². The van der Waals surface area contributed by atoms with Gasteiger partial charge in [-0.1, -0.05) is 40.9 Å². The van der Waals surface area contributed by atoms with E-state index in [-0.39, 0.29) is 17.2 Å². The molecule has 0 radical (unpaired) electrons. The van der Waals surface area contributed by atoms with E-state index in [1.165, 1.54) is 4.57 Å². The summed E-state index contributed by atoms with van der Waals surface area (Å²) >= 11 is 18.4. The van der Waals surface area contributed by atoms with Gasteiger partial charge in [-0.2, -0.15) is 0 Å². The number of aromatic nitrogens is 1. The first-order chi connectivity index (χ1) is 10.8. The Kier molecular flexibility index (Phi) is 5.40. The van der Waals surface area contributed by atoms with Crippen LogP contribution in [0, 0.1) is 6.92 Å². The van der Waals surface area contributed by atoms with E-state index in [0.29, 0.717) is 26.9 Å². The number of benzene rings is 1. The molecule has 0 unspecified atom stereocenters. The van der Waals surface area contributed by atoms with Crippen LogP contribution in [-0.2, 0) is 11.8 Å². The number of hydrogen-bond acceptors (Lipinski definition) is 3. The third-order valence-electron chi connectivity index (χ3n) is 3.50. The second-order valence-electron chi connectivity index (χ2n) is 4.86. The average Bonchev–Trinajstić information content (AvgIpc) is 2.51. The van der Waals surface area contributed by atoms with Gasteiger partial charge < -0.3 is 9.30 Å². The van der Waals surface area contributed by atoms with Crippen molar-refractivity contribution >= 4 is 40.8 Å². The molecule has 0 saturated heterocycles. The molecule has 0 spiro atoms. The Morgan fingerprint density at radius 2 is 1.87 bits per heavy atom. The maximum absolute atomic E-state index is 12.5. The van der Waals surface area contributed by atoms with Crippen LogP contribution in [0.1, 0.15) is 23.0 Å². The van der Waals surface area contributed by atoms with E-state index in [4.69, 9.17) is 39.5 Å². The van der Waals surface area contributed by atoms with Crippen molar-refractivity contribution in [3.05, 3.63) is 54.9 Å². The van der Waals surface area contributed by atoms with Crippen molar-refractivity contribution in [2.45, 2.75) is 13.8 Å². The average molecular weight is 375 g/mol.